The molecular formula is C25H24ClF3N4O5S. The van der Waals surface area contributed by atoms with Gasteiger partial charge in [-0.2, -0.15) is 13.2 Å². The summed E-state index contributed by atoms with van der Waals surface area (Å²) < 4.78 is 73.6. The molecule has 1 aromatic heterocycles. The predicted molar refractivity (Wildman–Crippen MR) is 140 cm³/mol. The second kappa shape index (κ2) is 11.5. The van der Waals surface area contributed by atoms with Crippen molar-refractivity contribution in [3.05, 3.63) is 76.1 Å². The van der Waals surface area contributed by atoms with Crippen LogP contribution in [0.25, 0.3) is 0 Å². The van der Waals surface area contributed by atoms with Crippen LogP contribution in [-0.2, 0) is 16.2 Å². The number of urea groups is 1. The lowest BCUT2D eigenvalue weighted by molar-refractivity contribution is -0.138. The van der Waals surface area contributed by atoms with Crippen LogP contribution in [0.1, 0.15) is 41.0 Å². The molecule has 2 aromatic carbocycles. The molecular weight excluding hydrogens is 561 g/mol. The first-order valence-corrected chi connectivity index (χ1v) is 13.1. The molecule has 0 aliphatic carbocycles. The van der Waals surface area contributed by atoms with E-state index in [1.807, 2.05) is 0 Å². The topological polar surface area (TPSA) is 126 Å². The number of aryl methyl sites for hydroxylation is 1. The number of amides is 2. The molecule has 0 aliphatic rings. The van der Waals surface area contributed by atoms with E-state index >= 15 is 0 Å². The van der Waals surface area contributed by atoms with Gasteiger partial charge in [-0.1, -0.05) is 17.7 Å². The summed E-state index contributed by atoms with van der Waals surface area (Å²) >= 11 is 5.99. The number of nitrogens with zero attached hydrogens (tertiary/aromatic N) is 1. The zero-order valence-corrected chi connectivity index (χ0v) is 22.7. The molecule has 0 radical (unpaired) electrons. The van der Waals surface area contributed by atoms with E-state index in [0.29, 0.717) is 6.07 Å². The zero-order chi connectivity index (χ0) is 29.1. The number of rotatable bonds is 8. The fourth-order valence-corrected chi connectivity index (χ4v) is 4.74. The highest BCUT2D eigenvalue weighted by molar-refractivity contribution is 7.92. The third-order valence-electron chi connectivity index (χ3n) is 5.26. The molecule has 0 spiro atoms. The number of halogens is 4. The quantitative estimate of drug-likeness (QED) is 0.295. The first kappa shape index (κ1) is 29.7. The summed E-state index contributed by atoms with van der Waals surface area (Å²) in [5.74, 6) is -0.720. The Balaban J connectivity index is 2.03. The molecule has 0 bridgehead atoms. The molecule has 208 valence electrons. The molecule has 0 unspecified atom stereocenters. The van der Waals surface area contributed by atoms with E-state index in [1.165, 1.54) is 32.2 Å². The lowest BCUT2D eigenvalue weighted by atomic mass is 10.0. The van der Waals surface area contributed by atoms with Gasteiger partial charge in [-0.25, -0.2) is 18.2 Å². The van der Waals surface area contributed by atoms with Crippen LogP contribution in [0.4, 0.5) is 29.3 Å². The van der Waals surface area contributed by atoms with Gasteiger partial charge in [-0.15, -0.1) is 0 Å². The Bertz CT molecular complexity index is 1530. The van der Waals surface area contributed by atoms with E-state index in [-0.39, 0.29) is 39.3 Å². The number of methoxy groups -OCH3 is 1. The number of aromatic nitrogens is 1. The number of ketones is 1. The molecule has 3 N–H and O–H groups in total. The minimum atomic E-state index is -4.78. The number of anilines is 2. The van der Waals surface area contributed by atoms with Crippen LogP contribution in [0, 0.1) is 6.92 Å². The van der Waals surface area contributed by atoms with Gasteiger partial charge >= 0.3 is 12.2 Å². The number of hydrogen-bond acceptors (Lipinski definition) is 6. The number of nitrogens with one attached hydrogen (secondary N) is 3. The van der Waals surface area contributed by atoms with Gasteiger partial charge in [0.25, 0.3) is 10.0 Å². The second-order valence-electron chi connectivity index (χ2n) is 8.63. The Morgan fingerprint density at radius 1 is 1.08 bits per heavy atom. The van der Waals surface area contributed by atoms with Crippen molar-refractivity contribution < 1.29 is 35.9 Å². The minimum Gasteiger partial charge on any atom is -0.496 e. The van der Waals surface area contributed by atoms with Crippen molar-refractivity contribution in [3.8, 4) is 5.75 Å². The van der Waals surface area contributed by atoms with Crippen LogP contribution < -0.4 is 20.1 Å². The molecule has 0 fully saturated rings. The summed E-state index contributed by atoms with van der Waals surface area (Å²) in [4.78, 5) is 28.9. The average Bonchev–Trinajstić information content (AvgIpc) is 2.82. The largest absolute Gasteiger partial charge is 0.496 e. The molecule has 0 saturated carbocycles. The number of carbonyl (C=O) groups excluding carboxylic acids is 2. The summed E-state index contributed by atoms with van der Waals surface area (Å²) in [5, 5.41) is 5.16. The highest BCUT2D eigenvalue weighted by Crippen LogP contribution is 2.34. The highest BCUT2D eigenvalue weighted by atomic mass is 35.5. The molecule has 1 heterocycles. The van der Waals surface area contributed by atoms with Crippen molar-refractivity contribution >= 4 is 44.8 Å². The maximum absolute atomic E-state index is 13.5. The van der Waals surface area contributed by atoms with Gasteiger partial charge in [0.05, 0.1) is 33.8 Å². The average molecular weight is 585 g/mol. The Morgan fingerprint density at radius 3 is 2.38 bits per heavy atom. The molecule has 14 heteroatoms. The van der Waals surface area contributed by atoms with E-state index in [0.717, 1.165) is 24.4 Å². The fraction of sp³-hybridized carbons (Fsp3) is 0.240. The van der Waals surface area contributed by atoms with Crippen LogP contribution >= 0.6 is 11.6 Å². The van der Waals surface area contributed by atoms with Gasteiger partial charge in [-0.3, -0.25) is 9.52 Å². The maximum Gasteiger partial charge on any atom is 0.416 e. The maximum atomic E-state index is 13.5. The van der Waals surface area contributed by atoms with Crippen molar-refractivity contribution in [1.82, 2.24) is 10.3 Å². The summed E-state index contributed by atoms with van der Waals surface area (Å²) in [7, 11) is -3.31. The Hall–Kier alpha value is -3.84. The van der Waals surface area contributed by atoms with Crippen LogP contribution in [-0.4, -0.2) is 38.4 Å². The molecule has 3 rings (SSSR count). The van der Waals surface area contributed by atoms with Gasteiger partial charge < -0.3 is 15.4 Å². The number of benzene rings is 2. The van der Waals surface area contributed by atoms with Gasteiger partial charge in [0.1, 0.15) is 11.4 Å². The van der Waals surface area contributed by atoms with Crippen LogP contribution in [0.3, 0.4) is 0 Å². The van der Waals surface area contributed by atoms with E-state index in [1.54, 1.807) is 13.8 Å². The van der Waals surface area contributed by atoms with Crippen LogP contribution in [0.5, 0.6) is 5.75 Å². The SMILES string of the molecule is COc1ccc(NC(=O)NC(C)C)cc1C(=O)c1ncc(Cl)cc1NS(=O)(=O)c1ccc(C)c(C(F)(F)F)c1. The standard InChI is InChI=1S/C25H24ClF3N4O5S/c1-13(2)31-24(35)32-16-6-8-21(38-4)18(10-16)23(34)22-20(9-15(26)12-30-22)33-39(36,37)17-7-5-14(3)19(11-17)25(27,28)29/h5-13,33H,1-4H3,(H2,31,32,35). The number of carbonyl (C=O) groups is 2. The van der Waals surface area contributed by atoms with E-state index in [4.69, 9.17) is 16.3 Å². The van der Waals surface area contributed by atoms with Gasteiger partial charge in [0.15, 0.2) is 0 Å². The first-order valence-electron chi connectivity index (χ1n) is 11.3. The smallest absolute Gasteiger partial charge is 0.416 e. The lowest BCUT2D eigenvalue weighted by Gasteiger charge is -2.16. The number of pyridine rings is 1. The predicted octanol–water partition coefficient (Wildman–Crippen LogP) is 5.63. The molecule has 9 nitrogen and oxygen atoms in total. The van der Waals surface area contributed by atoms with Crippen molar-refractivity contribution in [2.24, 2.45) is 0 Å². The lowest BCUT2D eigenvalue weighted by Crippen LogP contribution is -2.34. The molecule has 3 aromatic rings. The Labute approximate surface area is 227 Å². The minimum absolute atomic E-state index is 0.0446. The van der Waals surface area contributed by atoms with Gasteiger partial charge in [0, 0.05) is 17.9 Å². The zero-order valence-electron chi connectivity index (χ0n) is 21.1. The van der Waals surface area contributed by atoms with Crippen molar-refractivity contribution in [1.29, 1.82) is 0 Å². The number of hydrogen-bond donors (Lipinski definition) is 3. The third kappa shape index (κ3) is 7.18. The van der Waals surface area contributed by atoms with Crippen LogP contribution in [0.2, 0.25) is 5.02 Å². The molecule has 39 heavy (non-hydrogen) atoms. The van der Waals surface area contributed by atoms with E-state index in [9.17, 15) is 31.2 Å². The monoisotopic (exact) mass is 584 g/mol. The summed E-state index contributed by atoms with van der Waals surface area (Å²) in [6, 6.07) is 7.17. The molecule has 0 atom stereocenters. The summed E-state index contributed by atoms with van der Waals surface area (Å²) in [6.45, 7) is 4.73. The van der Waals surface area contributed by atoms with Crippen molar-refractivity contribution in [3.63, 3.8) is 0 Å². The van der Waals surface area contributed by atoms with Crippen molar-refractivity contribution in [2.75, 3.05) is 17.1 Å². The van der Waals surface area contributed by atoms with Crippen LogP contribution in [0.15, 0.2) is 53.6 Å². The Morgan fingerprint density at radius 2 is 1.77 bits per heavy atom. The van der Waals surface area contributed by atoms with Gasteiger partial charge in [-0.05, 0) is 62.7 Å². The molecule has 2 amide bonds. The highest BCUT2D eigenvalue weighted by Gasteiger charge is 2.34. The summed E-state index contributed by atoms with van der Waals surface area (Å²) in [5.41, 5.74) is -1.92. The van der Waals surface area contributed by atoms with Gasteiger partial charge in [0.2, 0.25) is 5.78 Å². The summed E-state index contributed by atoms with van der Waals surface area (Å²) in [6.07, 6.45) is -3.68. The normalized spacial score (nSPS) is 11.7. The fourth-order valence-electron chi connectivity index (χ4n) is 3.50. The molecule has 0 saturated heterocycles. The first-order chi connectivity index (χ1) is 18.1. The number of alkyl halides is 3. The Kier molecular flexibility index (Phi) is 8.76. The number of sulfonamides is 1. The third-order valence-corrected chi connectivity index (χ3v) is 6.83. The number of ether oxygens (including phenoxy) is 1. The molecule has 0 aliphatic heterocycles. The second-order valence-corrected chi connectivity index (χ2v) is 10.7. The van der Waals surface area contributed by atoms with Crippen molar-refractivity contribution in [2.45, 2.75) is 37.9 Å². The van der Waals surface area contributed by atoms with E-state index < -0.39 is 44.2 Å². The van der Waals surface area contributed by atoms with E-state index in [2.05, 4.69) is 20.3 Å².